The molecule has 0 radical (unpaired) electrons. The summed E-state index contributed by atoms with van der Waals surface area (Å²) < 4.78 is 0. The first-order valence-electron chi connectivity index (χ1n) is 5.05. The molecule has 0 aromatic rings. The van der Waals surface area contributed by atoms with Crippen molar-refractivity contribution < 1.29 is 9.90 Å². The second kappa shape index (κ2) is 4.61. The van der Waals surface area contributed by atoms with Crippen LogP contribution in [0, 0.1) is 5.92 Å². The van der Waals surface area contributed by atoms with Crippen LogP contribution in [0.4, 0.5) is 0 Å². The van der Waals surface area contributed by atoms with Gasteiger partial charge in [-0.1, -0.05) is 6.92 Å². The zero-order valence-electron chi connectivity index (χ0n) is 8.49. The summed E-state index contributed by atoms with van der Waals surface area (Å²) in [6.07, 6.45) is 3.18. The van der Waals surface area contributed by atoms with E-state index in [0.717, 1.165) is 25.8 Å². The molecule has 3 nitrogen and oxygen atoms in total. The minimum atomic E-state index is -0.111. The third-order valence-corrected chi connectivity index (χ3v) is 2.63. The second-order valence-corrected chi connectivity index (χ2v) is 4.02. The van der Waals surface area contributed by atoms with Gasteiger partial charge >= 0.3 is 0 Å². The summed E-state index contributed by atoms with van der Waals surface area (Å²) in [4.78, 5) is 13.2. The first-order valence-corrected chi connectivity index (χ1v) is 5.05. The van der Waals surface area contributed by atoms with Gasteiger partial charge in [0, 0.05) is 20.0 Å². The Labute approximate surface area is 79.7 Å². The van der Waals surface area contributed by atoms with Gasteiger partial charge in [0.05, 0.1) is 6.10 Å². The van der Waals surface area contributed by atoms with E-state index in [0.29, 0.717) is 12.3 Å². The second-order valence-electron chi connectivity index (χ2n) is 4.02. The Morgan fingerprint density at radius 1 is 1.54 bits per heavy atom. The molecule has 1 amide bonds. The van der Waals surface area contributed by atoms with Crippen LogP contribution >= 0.6 is 0 Å². The van der Waals surface area contributed by atoms with Crippen molar-refractivity contribution in [2.75, 3.05) is 13.6 Å². The molecular formula is C10H19NO2. The molecule has 0 unspecified atom stereocenters. The molecule has 1 saturated carbocycles. The normalized spacial score (nSPS) is 26.7. The lowest BCUT2D eigenvalue weighted by atomic mass is 9.82. The van der Waals surface area contributed by atoms with Crippen LogP contribution in [0.3, 0.4) is 0 Å². The number of aliphatic hydroxyl groups is 1. The third kappa shape index (κ3) is 2.99. The lowest BCUT2D eigenvalue weighted by Crippen LogP contribution is -2.39. The number of nitrogens with zero attached hydrogens (tertiary/aromatic N) is 1. The predicted octanol–water partition coefficient (Wildman–Crippen LogP) is 1.02. The third-order valence-electron chi connectivity index (χ3n) is 2.63. The SMILES string of the molecule is CCCC(=O)N(C)CC1CC(O)C1. The highest BCUT2D eigenvalue weighted by molar-refractivity contribution is 5.75. The lowest BCUT2D eigenvalue weighted by molar-refractivity contribution is -0.131. The average Bonchev–Trinajstić information content (AvgIpc) is 2.02. The average molecular weight is 185 g/mol. The first kappa shape index (κ1) is 10.5. The van der Waals surface area contributed by atoms with E-state index in [4.69, 9.17) is 5.11 Å². The molecule has 0 aromatic heterocycles. The van der Waals surface area contributed by atoms with Gasteiger partial charge in [0.1, 0.15) is 0 Å². The molecule has 13 heavy (non-hydrogen) atoms. The molecule has 1 N–H and O–H groups in total. The minimum absolute atomic E-state index is 0.111. The van der Waals surface area contributed by atoms with E-state index in [9.17, 15) is 4.79 Å². The summed E-state index contributed by atoms with van der Waals surface area (Å²) in [5.41, 5.74) is 0. The van der Waals surface area contributed by atoms with E-state index in [1.165, 1.54) is 0 Å². The van der Waals surface area contributed by atoms with Gasteiger partial charge in [-0.3, -0.25) is 4.79 Å². The maximum Gasteiger partial charge on any atom is 0.222 e. The molecule has 0 bridgehead atoms. The van der Waals surface area contributed by atoms with Crippen molar-refractivity contribution in [3.05, 3.63) is 0 Å². The Morgan fingerprint density at radius 2 is 2.15 bits per heavy atom. The topological polar surface area (TPSA) is 40.5 Å². The molecule has 0 atom stereocenters. The molecule has 0 spiro atoms. The summed E-state index contributed by atoms with van der Waals surface area (Å²) in [5, 5.41) is 9.07. The van der Waals surface area contributed by atoms with Crippen molar-refractivity contribution in [1.29, 1.82) is 0 Å². The summed E-state index contributed by atoms with van der Waals surface area (Å²) in [6.45, 7) is 2.83. The van der Waals surface area contributed by atoms with Gasteiger partial charge in [-0.15, -0.1) is 0 Å². The summed E-state index contributed by atoms with van der Waals surface area (Å²) in [6, 6.07) is 0. The molecule has 76 valence electrons. The fraction of sp³-hybridized carbons (Fsp3) is 0.900. The van der Waals surface area contributed by atoms with Crippen LogP contribution in [0.5, 0.6) is 0 Å². The molecule has 3 heteroatoms. The van der Waals surface area contributed by atoms with Crippen molar-refractivity contribution in [2.24, 2.45) is 5.92 Å². The molecule has 0 heterocycles. The highest BCUT2D eigenvalue weighted by atomic mass is 16.3. The first-order chi connectivity index (χ1) is 6.13. The van der Waals surface area contributed by atoms with Crippen molar-refractivity contribution >= 4 is 5.91 Å². The largest absolute Gasteiger partial charge is 0.393 e. The lowest BCUT2D eigenvalue weighted by Gasteiger charge is -2.34. The highest BCUT2D eigenvalue weighted by Crippen LogP contribution is 2.27. The van der Waals surface area contributed by atoms with Crippen LogP contribution in [0.15, 0.2) is 0 Å². The van der Waals surface area contributed by atoms with Crippen molar-refractivity contribution in [2.45, 2.75) is 38.7 Å². The van der Waals surface area contributed by atoms with Gasteiger partial charge in [0.25, 0.3) is 0 Å². The van der Waals surface area contributed by atoms with Gasteiger partial charge in [-0.25, -0.2) is 0 Å². The fourth-order valence-electron chi connectivity index (χ4n) is 1.74. The highest BCUT2D eigenvalue weighted by Gasteiger charge is 2.28. The van der Waals surface area contributed by atoms with E-state index < -0.39 is 0 Å². The van der Waals surface area contributed by atoms with Crippen LogP contribution in [0.1, 0.15) is 32.6 Å². The number of amides is 1. The monoisotopic (exact) mass is 185 g/mol. The molecule has 1 rings (SSSR count). The van der Waals surface area contributed by atoms with Gasteiger partial charge in [-0.2, -0.15) is 0 Å². The fourth-order valence-corrected chi connectivity index (χ4v) is 1.74. The van der Waals surface area contributed by atoms with Crippen LogP contribution < -0.4 is 0 Å². The minimum Gasteiger partial charge on any atom is -0.393 e. The van der Waals surface area contributed by atoms with Crippen LogP contribution in [-0.2, 0) is 4.79 Å². The van der Waals surface area contributed by atoms with Gasteiger partial charge in [-0.05, 0) is 25.2 Å². The Hall–Kier alpha value is -0.570. The van der Waals surface area contributed by atoms with E-state index in [1.807, 2.05) is 14.0 Å². The predicted molar refractivity (Wildman–Crippen MR) is 51.3 cm³/mol. The van der Waals surface area contributed by atoms with E-state index in [2.05, 4.69) is 0 Å². The molecule has 1 fully saturated rings. The summed E-state index contributed by atoms with van der Waals surface area (Å²) in [7, 11) is 1.85. The van der Waals surface area contributed by atoms with Crippen molar-refractivity contribution in [3.8, 4) is 0 Å². The number of hydrogen-bond acceptors (Lipinski definition) is 2. The summed E-state index contributed by atoms with van der Waals surface area (Å²) >= 11 is 0. The standard InChI is InChI=1S/C10H19NO2/c1-3-4-10(13)11(2)7-8-5-9(12)6-8/h8-9,12H,3-7H2,1-2H3. The van der Waals surface area contributed by atoms with Gasteiger partial charge in [0.15, 0.2) is 0 Å². The van der Waals surface area contributed by atoms with Crippen molar-refractivity contribution in [1.82, 2.24) is 4.90 Å². The van der Waals surface area contributed by atoms with Gasteiger partial charge in [0.2, 0.25) is 5.91 Å². The molecule has 0 aromatic carbocycles. The van der Waals surface area contributed by atoms with Crippen molar-refractivity contribution in [3.63, 3.8) is 0 Å². The van der Waals surface area contributed by atoms with Gasteiger partial charge < -0.3 is 10.0 Å². The molecule has 1 aliphatic rings. The number of carbonyl (C=O) groups excluding carboxylic acids is 1. The molecule has 0 saturated heterocycles. The van der Waals surface area contributed by atoms with Crippen LogP contribution in [-0.4, -0.2) is 35.6 Å². The zero-order valence-corrected chi connectivity index (χ0v) is 8.49. The van der Waals surface area contributed by atoms with E-state index in [1.54, 1.807) is 4.90 Å². The van der Waals surface area contributed by atoms with E-state index in [-0.39, 0.29) is 12.0 Å². The summed E-state index contributed by atoms with van der Waals surface area (Å²) in [5.74, 6) is 0.754. The quantitative estimate of drug-likeness (QED) is 0.710. The Kier molecular flexibility index (Phi) is 3.72. The zero-order chi connectivity index (χ0) is 9.84. The Bertz CT molecular complexity index is 176. The number of rotatable bonds is 4. The molecular weight excluding hydrogens is 166 g/mol. The maximum atomic E-state index is 11.4. The Morgan fingerprint density at radius 3 is 2.62 bits per heavy atom. The number of carbonyl (C=O) groups is 1. The Balaban J connectivity index is 2.17. The maximum absolute atomic E-state index is 11.4. The van der Waals surface area contributed by atoms with E-state index >= 15 is 0 Å². The smallest absolute Gasteiger partial charge is 0.222 e. The molecule has 1 aliphatic carbocycles. The number of hydrogen-bond donors (Lipinski definition) is 1. The van der Waals surface area contributed by atoms with Crippen LogP contribution in [0.2, 0.25) is 0 Å². The molecule has 0 aliphatic heterocycles. The van der Waals surface area contributed by atoms with Crippen LogP contribution in [0.25, 0.3) is 0 Å². The number of aliphatic hydroxyl groups excluding tert-OH is 1.